The molecule has 1 aliphatic rings. The first-order valence-corrected chi connectivity index (χ1v) is 10.3. The monoisotopic (exact) mass is 432 g/mol. The lowest BCUT2D eigenvalue weighted by Crippen LogP contribution is -2.54. The van der Waals surface area contributed by atoms with Gasteiger partial charge in [0.15, 0.2) is 0 Å². The first-order chi connectivity index (χ1) is 14.0. The third-order valence-electron chi connectivity index (χ3n) is 4.37. The molecule has 11 heteroatoms. The van der Waals surface area contributed by atoms with E-state index < -0.39 is 20.8 Å². The van der Waals surface area contributed by atoms with Gasteiger partial charge in [0.05, 0.1) is 11.3 Å². The second-order valence-electron chi connectivity index (χ2n) is 7.12. The molecule has 0 radical (unpaired) electrons. The van der Waals surface area contributed by atoms with Gasteiger partial charge in [-0.25, -0.2) is 4.99 Å². The van der Waals surface area contributed by atoms with Gasteiger partial charge in [-0.15, -0.1) is 3.89 Å². The molecule has 30 heavy (non-hydrogen) atoms. The molecule has 0 atom stereocenters. The molecule has 158 valence electrons. The Balaban J connectivity index is 1.67. The topological polar surface area (TPSA) is 143 Å². The third kappa shape index (κ3) is 4.74. The van der Waals surface area contributed by atoms with Crippen LogP contribution in [0.1, 0.15) is 19.4 Å². The summed E-state index contributed by atoms with van der Waals surface area (Å²) < 4.78 is 34.6. The second-order valence-corrected chi connectivity index (χ2v) is 8.47. The van der Waals surface area contributed by atoms with Crippen LogP contribution in [0.25, 0.3) is 0 Å². The molecule has 0 saturated carbocycles. The number of aliphatic imine (C=N–C) groups is 2. The van der Waals surface area contributed by atoms with Crippen LogP contribution in [0.3, 0.4) is 0 Å². The highest BCUT2D eigenvalue weighted by atomic mass is 32.3. The molecule has 0 saturated heterocycles. The van der Waals surface area contributed by atoms with Crippen LogP contribution in [0.2, 0.25) is 0 Å². The predicted octanol–water partition coefficient (Wildman–Crippen LogP) is 1.71. The van der Waals surface area contributed by atoms with Crippen molar-refractivity contribution in [1.29, 1.82) is 0 Å². The third-order valence-corrected chi connectivity index (χ3v) is 5.21. The molecule has 0 unspecified atom stereocenters. The van der Waals surface area contributed by atoms with Gasteiger partial charge in [-0.2, -0.15) is 13.4 Å². The molecule has 0 aromatic heterocycles. The molecule has 9 nitrogen and oxygen atoms in total. The molecule has 0 fully saturated rings. The van der Waals surface area contributed by atoms with Gasteiger partial charge in [-0.3, -0.25) is 9.69 Å². The Hall–Kier alpha value is -3.47. The van der Waals surface area contributed by atoms with Crippen molar-refractivity contribution in [2.75, 3.05) is 10.2 Å². The summed E-state index contributed by atoms with van der Waals surface area (Å²) in [5.74, 6) is 0.0197. The minimum absolute atomic E-state index is 0.0848. The average Bonchev–Trinajstić information content (AvgIpc) is 2.61. The van der Waals surface area contributed by atoms with Crippen LogP contribution in [0.4, 0.5) is 15.3 Å². The van der Waals surface area contributed by atoms with Gasteiger partial charge in [-0.1, -0.05) is 12.1 Å². The molecule has 1 heterocycles. The van der Waals surface area contributed by atoms with E-state index in [1.807, 2.05) is 13.8 Å². The van der Waals surface area contributed by atoms with Crippen LogP contribution in [0, 0.1) is 0 Å². The van der Waals surface area contributed by atoms with Crippen LogP contribution in [-0.2, 0) is 21.4 Å². The Morgan fingerprint density at radius 2 is 1.70 bits per heavy atom. The van der Waals surface area contributed by atoms with E-state index in [-0.39, 0.29) is 24.2 Å². The SMILES string of the molecule is CC1(C)N=C(N)N=C(N)N1c1ccc(CC(=O)Nc2ccc(S(=O)(=O)F)cc2)cc1. The van der Waals surface area contributed by atoms with E-state index >= 15 is 0 Å². The van der Waals surface area contributed by atoms with E-state index in [9.17, 15) is 17.1 Å². The highest BCUT2D eigenvalue weighted by molar-refractivity contribution is 7.86. The van der Waals surface area contributed by atoms with Crippen molar-refractivity contribution in [1.82, 2.24) is 0 Å². The number of amides is 1. The Bertz CT molecular complexity index is 1130. The van der Waals surface area contributed by atoms with Crippen molar-refractivity contribution in [3.8, 4) is 0 Å². The van der Waals surface area contributed by atoms with Crippen molar-refractivity contribution in [3.63, 3.8) is 0 Å². The summed E-state index contributed by atoms with van der Waals surface area (Å²) in [6.07, 6.45) is 0.0848. The Morgan fingerprint density at radius 1 is 1.10 bits per heavy atom. The minimum Gasteiger partial charge on any atom is -0.369 e. The number of benzene rings is 2. The predicted molar refractivity (Wildman–Crippen MR) is 113 cm³/mol. The maximum Gasteiger partial charge on any atom is 0.332 e. The Morgan fingerprint density at radius 3 is 2.23 bits per heavy atom. The molecule has 2 aromatic rings. The van der Waals surface area contributed by atoms with E-state index in [0.717, 1.165) is 23.4 Å². The van der Waals surface area contributed by atoms with Crippen LogP contribution in [-0.4, -0.2) is 31.9 Å². The number of nitrogens with one attached hydrogen (secondary N) is 1. The highest BCUT2D eigenvalue weighted by Gasteiger charge is 2.32. The van der Waals surface area contributed by atoms with E-state index in [0.29, 0.717) is 5.69 Å². The zero-order valence-corrected chi connectivity index (χ0v) is 17.1. The van der Waals surface area contributed by atoms with Crippen LogP contribution in [0.5, 0.6) is 0 Å². The lowest BCUT2D eigenvalue weighted by atomic mass is 10.1. The highest BCUT2D eigenvalue weighted by Crippen LogP contribution is 2.27. The van der Waals surface area contributed by atoms with Gasteiger partial charge < -0.3 is 16.8 Å². The summed E-state index contributed by atoms with van der Waals surface area (Å²) in [5.41, 5.74) is 12.8. The quantitative estimate of drug-likeness (QED) is 0.614. The summed E-state index contributed by atoms with van der Waals surface area (Å²) in [7, 11) is -4.77. The number of halogens is 1. The number of rotatable bonds is 5. The zero-order chi connectivity index (χ0) is 22.1. The van der Waals surface area contributed by atoms with Crippen LogP contribution < -0.4 is 21.7 Å². The average molecular weight is 432 g/mol. The number of nitrogens with two attached hydrogens (primary N) is 2. The fraction of sp³-hybridized carbons (Fsp3) is 0.211. The Labute approximate surface area is 173 Å². The minimum atomic E-state index is -4.77. The van der Waals surface area contributed by atoms with E-state index in [4.69, 9.17) is 11.5 Å². The Kier molecular flexibility index (Phi) is 5.49. The number of carbonyl (C=O) groups is 1. The molecule has 0 bridgehead atoms. The first kappa shape index (κ1) is 21.2. The van der Waals surface area contributed by atoms with E-state index in [2.05, 4.69) is 15.3 Å². The molecular weight excluding hydrogens is 411 g/mol. The lowest BCUT2D eigenvalue weighted by molar-refractivity contribution is -0.115. The molecule has 1 amide bonds. The van der Waals surface area contributed by atoms with Gasteiger partial charge in [0.25, 0.3) is 0 Å². The van der Waals surface area contributed by atoms with Gasteiger partial charge in [0.1, 0.15) is 5.66 Å². The number of guanidine groups is 2. The largest absolute Gasteiger partial charge is 0.369 e. The van der Waals surface area contributed by atoms with Crippen LogP contribution in [0.15, 0.2) is 63.4 Å². The van der Waals surface area contributed by atoms with Crippen molar-refractivity contribution in [2.24, 2.45) is 21.5 Å². The fourth-order valence-corrected chi connectivity index (χ4v) is 3.57. The molecule has 1 aliphatic heterocycles. The van der Waals surface area contributed by atoms with Crippen LogP contribution >= 0.6 is 0 Å². The summed E-state index contributed by atoms with van der Waals surface area (Å²) in [6, 6.07) is 12.0. The lowest BCUT2D eigenvalue weighted by Gasteiger charge is -2.38. The van der Waals surface area contributed by atoms with Crippen molar-refractivity contribution in [2.45, 2.75) is 30.8 Å². The van der Waals surface area contributed by atoms with Gasteiger partial charge in [0.2, 0.25) is 17.8 Å². The van der Waals surface area contributed by atoms with Crippen molar-refractivity contribution in [3.05, 3.63) is 54.1 Å². The molecular formula is C19H21FN6O3S. The molecule has 3 rings (SSSR count). The van der Waals surface area contributed by atoms with Gasteiger partial charge in [-0.05, 0) is 55.8 Å². The van der Waals surface area contributed by atoms with E-state index in [1.54, 1.807) is 29.2 Å². The maximum absolute atomic E-state index is 12.9. The number of carbonyl (C=O) groups excluding carboxylic acids is 1. The normalized spacial score (nSPS) is 15.9. The first-order valence-electron chi connectivity index (χ1n) is 8.89. The second kappa shape index (κ2) is 7.75. The maximum atomic E-state index is 12.9. The standard InChI is InChI=1S/C19H21FN6O3S/c1-19(2)25-17(21)24-18(22)26(19)14-7-3-12(4-8-14)11-16(27)23-13-5-9-15(10-6-13)30(20,28)29/h3-10H,11H2,1-2H3,(H,23,27)(H4,21,22,24,25). The van der Waals surface area contributed by atoms with E-state index in [1.165, 1.54) is 12.1 Å². The van der Waals surface area contributed by atoms with Gasteiger partial charge in [0, 0.05) is 11.4 Å². The fourth-order valence-electron chi connectivity index (χ4n) is 3.11. The zero-order valence-electron chi connectivity index (χ0n) is 16.3. The molecule has 2 aromatic carbocycles. The van der Waals surface area contributed by atoms with Crippen molar-refractivity contribution < 1.29 is 17.1 Å². The number of anilines is 2. The molecule has 0 aliphatic carbocycles. The summed E-state index contributed by atoms with van der Waals surface area (Å²) >= 11 is 0. The summed E-state index contributed by atoms with van der Waals surface area (Å²) in [4.78, 5) is 21.8. The number of nitrogens with zero attached hydrogens (tertiary/aromatic N) is 3. The van der Waals surface area contributed by atoms with Gasteiger partial charge >= 0.3 is 10.2 Å². The summed E-state index contributed by atoms with van der Waals surface area (Å²) in [5, 5.41) is 2.63. The molecule has 5 N–H and O–H groups in total. The van der Waals surface area contributed by atoms with Crippen molar-refractivity contribution >= 4 is 39.4 Å². The smallest absolute Gasteiger partial charge is 0.332 e. The number of hydrogen-bond donors (Lipinski definition) is 3. The summed E-state index contributed by atoms with van der Waals surface area (Å²) in [6.45, 7) is 3.70. The molecule has 0 spiro atoms. The number of hydrogen-bond acceptors (Lipinski definition) is 8.